The summed E-state index contributed by atoms with van der Waals surface area (Å²) < 4.78 is 0. The van der Waals surface area contributed by atoms with Gasteiger partial charge in [-0.3, -0.25) is 4.79 Å². The Bertz CT molecular complexity index is 288. The van der Waals surface area contributed by atoms with E-state index in [1.807, 2.05) is 6.92 Å². The van der Waals surface area contributed by atoms with Gasteiger partial charge in [0.2, 0.25) is 5.91 Å². The van der Waals surface area contributed by atoms with Crippen molar-refractivity contribution < 1.29 is 4.79 Å². The van der Waals surface area contributed by atoms with E-state index in [4.69, 9.17) is 0 Å². The summed E-state index contributed by atoms with van der Waals surface area (Å²) in [5, 5.41) is 3.09. The Morgan fingerprint density at radius 1 is 0.680 bits per heavy atom. The van der Waals surface area contributed by atoms with Crippen molar-refractivity contribution in [3.63, 3.8) is 0 Å². The fraction of sp³-hybridized carbons (Fsp3) is 0.957. The second-order valence-electron chi connectivity index (χ2n) is 8.42. The first kappa shape index (κ1) is 24.5. The van der Waals surface area contributed by atoms with Crippen LogP contribution in [0.3, 0.4) is 0 Å². The molecule has 0 radical (unpaired) electrons. The van der Waals surface area contributed by atoms with Crippen LogP contribution in [0.4, 0.5) is 0 Å². The van der Waals surface area contributed by atoms with Gasteiger partial charge in [-0.15, -0.1) is 0 Å². The molecule has 0 bridgehead atoms. The highest BCUT2D eigenvalue weighted by atomic mass is 16.1. The Morgan fingerprint density at radius 2 is 1.08 bits per heavy atom. The summed E-state index contributed by atoms with van der Waals surface area (Å²) in [5.74, 6) is 0.997. The van der Waals surface area contributed by atoms with Gasteiger partial charge in [0.25, 0.3) is 0 Å². The number of carbonyl (C=O) groups excluding carboxylic acids is 1. The summed E-state index contributed by atoms with van der Waals surface area (Å²) in [6.45, 7) is 9.54. The largest absolute Gasteiger partial charge is 0.356 e. The second kappa shape index (κ2) is 18.3. The van der Waals surface area contributed by atoms with Gasteiger partial charge in [-0.1, -0.05) is 111 Å². The molecule has 0 aliphatic rings. The molecular weight excluding hydrogens is 306 g/mol. The maximum atomic E-state index is 11.9. The Hall–Kier alpha value is -0.530. The Balaban J connectivity index is 3.20. The number of hydrogen-bond acceptors (Lipinski definition) is 1. The molecule has 1 N–H and O–H groups in total. The molecule has 1 amide bonds. The second-order valence-corrected chi connectivity index (χ2v) is 8.42. The van der Waals surface area contributed by atoms with E-state index in [1.165, 1.54) is 83.5 Å². The smallest absolute Gasteiger partial charge is 0.222 e. The molecule has 0 aliphatic heterocycles. The van der Waals surface area contributed by atoms with Gasteiger partial charge < -0.3 is 5.32 Å². The molecule has 0 aromatic carbocycles. The summed E-state index contributed by atoms with van der Waals surface area (Å²) in [6, 6.07) is 0. The van der Waals surface area contributed by atoms with Crippen molar-refractivity contribution in [1.82, 2.24) is 5.32 Å². The highest BCUT2D eigenvalue weighted by Gasteiger charge is 2.13. The first-order chi connectivity index (χ1) is 12.1. The third-order valence-corrected chi connectivity index (χ3v) is 5.10. The first-order valence-electron chi connectivity index (χ1n) is 11.4. The minimum Gasteiger partial charge on any atom is -0.356 e. The minimum atomic E-state index is 0.159. The van der Waals surface area contributed by atoms with Crippen molar-refractivity contribution in [2.24, 2.45) is 11.8 Å². The maximum absolute atomic E-state index is 11.9. The van der Waals surface area contributed by atoms with Gasteiger partial charge in [0.1, 0.15) is 0 Å². The Labute approximate surface area is 158 Å². The molecule has 0 aliphatic carbocycles. The lowest BCUT2D eigenvalue weighted by Gasteiger charge is -2.14. The number of nitrogens with one attached hydrogen (secondary N) is 1. The molecule has 0 fully saturated rings. The average Bonchev–Trinajstić information content (AvgIpc) is 2.57. The van der Waals surface area contributed by atoms with Crippen LogP contribution in [0.5, 0.6) is 0 Å². The van der Waals surface area contributed by atoms with Gasteiger partial charge in [-0.05, 0) is 18.8 Å². The van der Waals surface area contributed by atoms with E-state index in [1.54, 1.807) is 0 Å². The normalized spacial score (nSPS) is 12.5. The average molecular weight is 354 g/mol. The summed E-state index contributed by atoms with van der Waals surface area (Å²) in [7, 11) is 0. The molecule has 25 heavy (non-hydrogen) atoms. The lowest BCUT2D eigenvalue weighted by molar-refractivity contribution is -0.124. The van der Waals surface area contributed by atoms with Crippen LogP contribution in [-0.2, 0) is 4.79 Å². The summed E-state index contributed by atoms with van der Waals surface area (Å²) >= 11 is 0. The molecule has 150 valence electrons. The van der Waals surface area contributed by atoms with Crippen molar-refractivity contribution in [2.75, 3.05) is 6.54 Å². The SMILES string of the molecule is CCCCCCCCCCCCCCCCNC(=O)C(C)CC(C)C. The van der Waals surface area contributed by atoms with Gasteiger partial charge in [-0.25, -0.2) is 0 Å². The Morgan fingerprint density at radius 3 is 1.48 bits per heavy atom. The number of unbranched alkanes of at least 4 members (excludes halogenated alkanes) is 13. The van der Waals surface area contributed by atoms with Gasteiger partial charge in [0, 0.05) is 12.5 Å². The van der Waals surface area contributed by atoms with Crippen LogP contribution >= 0.6 is 0 Å². The molecule has 0 heterocycles. The van der Waals surface area contributed by atoms with E-state index in [0.29, 0.717) is 5.92 Å². The number of amides is 1. The lowest BCUT2D eigenvalue weighted by atomic mass is 9.98. The van der Waals surface area contributed by atoms with E-state index >= 15 is 0 Å². The highest BCUT2D eigenvalue weighted by molar-refractivity contribution is 5.78. The van der Waals surface area contributed by atoms with Crippen LogP contribution in [0.25, 0.3) is 0 Å². The topological polar surface area (TPSA) is 29.1 Å². The number of hydrogen-bond donors (Lipinski definition) is 1. The first-order valence-corrected chi connectivity index (χ1v) is 11.4. The zero-order valence-corrected chi connectivity index (χ0v) is 17.9. The minimum absolute atomic E-state index is 0.159. The van der Waals surface area contributed by atoms with Gasteiger partial charge in [0.05, 0.1) is 0 Å². The zero-order valence-electron chi connectivity index (χ0n) is 17.9. The molecule has 0 saturated heterocycles. The molecule has 2 heteroatoms. The van der Waals surface area contributed by atoms with Gasteiger partial charge >= 0.3 is 0 Å². The molecular formula is C23H47NO. The summed E-state index contributed by atoms with van der Waals surface area (Å²) in [6.07, 6.45) is 20.3. The maximum Gasteiger partial charge on any atom is 0.222 e. The van der Waals surface area contributed by atoms with Gasteiger partial charge in [-0.2, -0.15) is 0 Å². The molecule has 2 nitrogen and oxygen atoms in total. The van der Waals surface area contributed by atoms with Crippen LogP contribution in [0.1, 0.15) is 124 Å². The third-order valence-electron chi connectivity index (χ3n) is 5.10. The van der Waals surface area contributed by atoms with E-state index in [0.717, 1.165) is 19.4 Å². The van der Waals surface area contributed by atoms with E-state index in [-0.39, 0.29) is 11.8 Å². The molecule has 0 saturated carbocycles. The van der Waals surface area contributed by atoms with Crippen LogP contribution in [-0.4, -0.2) is 12.5 Å². The number of carbonyl (C=O) groups is 1. The van der Waals surface area contributed by atoms with Crippen LogP contribution in [0.15, 0.2) is 0 Å². The van der Waals surface area contributed by atoms with Crippen molar-refractivity contribution in [1.29, 1.82) is 0 Å². The van der Waals surface area contributed by atoms with Crippen molar-refractivity contribution >= 4 is 5.91 Å². The highest BCUT2D eigenvalue weighted by Crippen LogP contribution is 2.13. The van der Waals surface area contributed by atoms with Crippen LogP contribution in [0.2, 0.25) is 0 Å². The third kappa shape index (κ3) is 18.1. The fourth-order valence-electron chi connectivity index (χ4n) is 3.52. The quantitative estimate of drug-likeness (QED) is 0.258. The molecule has 0 rings (SSSR count). The fourth-order valence-corrected chi connectivity index (χ4v) is 3.52. The molecule has 0 aromatic rings. The van der Waals surface area contributed by atoms with Crippen molar-refractivity contribution in [3.8, 4) is 0 Å². The van der Waals surface area contributed by atoms with E-state index in [9.17, 15) is 4.79 Å². The standard InChI is InChI=1S/C23H47NO/c1-5-6-7-8-9-10-11-12-13-14-15-16-17-18-19-24-23(25)22(4)20-21(2)3/h21-22H,5-20H2,1-4H3,(H,24,25). The Kier molecular flexibility index (Phi) is 17.9. The summed E-state index contributed by atoms with van der Waals surface area (Å²) in [4.78, 5) is 11.9. The van der Waals surface area contributed by atoms with Crippen LogP contribution < -0.4 is 5.32 Å². The zero-order chi connectivity index (χ0) is 18.8. The predicted molar refractivity (Wildman–Crippen MR) is 112 cm³/mol. The molecule has 1 unspecified atom stereocenters. The predicted octanol–water partition coefficient (Wildman–Crippen LogP) is 7.27. The van der Waals surface area contributed by atoms with E-state index < -0.39 is 0 Å². The van der Waals surface area contributed by atoms with Gasteiger partial charge in [0.15, 0.2) is 0 Å². The van der Waals surface area contributed by atoms with Crippen LogP contribution in [0, 0.1) is 11.8 Å². The van der Waals surface area contributed by atoms with Crippen molar-refractivity contribution in [3.05, 3.63) is 0 Å². The lowest BCUT2D eigenvalue weighted by Crippen LogP contribution is -2.30. The van der Waals surface area contributed by atoms with E-state index in [2.05, 4.69) is 26.1 Å². The summed E-state index contributed by atoms with van der Waals surface area (Å²) in [5.41, 5.74) is 0. The molecule has 0 spiro atoms. The number of rotatable bonds is 18. The molecule has 1 atom stereocenters. The van der Waals surface area contributed by atoms with Crippen molar-refractivity contribution in [2.45, 2.75) is 124 Å². The molecule has 0 aromatic heterocycles. The monoisotopic (exact) mass is 353 g/mol.